The van der Waals surface area contributed by atoms with Crippen LogP contribution in [0.4, 0.5) is 5.69 Å². The molecule has 27 heavy (non-hydrogen) atoms. The minimum absolute atomic E-state index is 0.121. The van der Waals surface area contributed by atoms with E-state index < -0.39 is 10.9 Å². The van der Waals surface area contributed by atoms with Gasteiger partial charge in [-0.2, -0.15) is 0 Å². The van der Waals surface area contributed by atoms with E-state index in [9.17, 15) is 19.7 Å². The molecule has 0 amide bonds. The highest BCUT2D eigenvalue weighted by molar-refractivity contribution is 5.72. The van der Waals surface area contributed by atoms with Crippen LogP contribution in [-0.2, 0) is 14.3 Å². The van der Waals surface area contributed by atoms with E-state index in [0.29, 0.717) is 25.9 Å². The van der Waals surface area contributed by atoms with Gasteiger partial charge >= 0.3 is 11.9 Å². The summed E-state index contributed by atoms with van der Waals surface area (Å²) in [6.07, 6.45) is 8.14. The van der Waals surface area contributed by atoms with Gasteiger partial charge in [-0.15, -0.1) is 0 Å². The Hall–Kier alpha value is -2.44. The third kappa shape index (κ3) is 11.0. The van der Waals surface area contributed by atoms with Crippen molar-refractivity contribution >= 4 is 17.6 Å². The molecule has 0 atom stereocenters. The topological polar surface area (TPSA) is 95.7 Å². The Morgan fingerprint density at radius 3 is 2.33 bits per heavy atom. The number of nitro benzene ring substituents is 1. The zero-order valence-electron chi connectivity index (χ0n) is 16.0. The predicted molar refractivity (Wildman–Crippen MR) is 102 cm³/mol. The average molecular weight is 379 g/mol. The number of nitro groups is 1. The Bertz CT molecular complexity index is 602. The zero-order chi connectivity index (χ0) is 19.9. The molecule has 0 spiro atoms. The third-order valence-corrected chi connectivity index (χ3v) is 4.03. The molecule has 7 heteroatoms. The van der Waals surface area contributed by atoms with Gasteiger partial charge in [-0.05, 0) is 25.3 Å². The first kappa shape index (κ1) is 22.6. The molecule has 1 aromatic carbocycles. The Morgan fingerprint density at radius 1 is 0.963 bits per heavy atom. The summed E-state index contributed by atoms with van der Waals surface area (Å²) < 4.78 is 10.3. The number of nitrogens with zero attached hydrogens (tertiary/aromatic N) is 1. The van der Waals surface area contributed by atoms with Crippen molar-refractivity contribution in [2.45, 2.75) is 71.1 Å². The van der Waals surface area contributed by atoms with Gasteiger partial charge in [-0.1, -0.05) is 45.1 Å². The lowest BCUT2D eigenvalue weighted by molar-refractivity contribution is -0.384. The molecule has 0 aliphatic rings. The van der Waals surface area contributed by atoms with Crippen molar-refractivity contribution in [1.29, 1.82) is 0 Å². The number of esters is 2. The van der Waals surface area contributed by atoms with E-state index in [0.717, 1.165) is 19.3 Å². The van der Waals surface area contributed by atoms with E-state index in [1.165, 1.54) is 43.5 Å². The lowest BCUT2D eigenvalue weighted by Gasteiger charge is -2.05. The largest absolute Gasteiger partial charge is 0.466 e. The first-order valence-electron chi connectivity index (χ1n) is 9.63. The van der Waals surface area contributed by atoms with Crippen LogP contribution in [0.1, 0.15) is 71.1 Å². The van der Waals surface area contributed by atoms with Crippen molar-refractivity contribution < 1.29 is 24.0 Å². The van der Waals surface area contributed by atoms with Gasteiger partial charge in [-0.3, -0.25) is 19.7 Å². The molecule has 0 radical (unpaired) electrons. The Labute approximate surface area is 160 Å². The predicted octanol–water partition coefficient (Wildman–Crippen LogP) is 4.96. The fraction of sp³-hybridized carbons (Fsp3) is 0.600. The molecule has 1 aromatic rings. The van der Waals surface area contributed by atoms with Gasteiger partial charge in [0, 0.05) is 18.9 Å². The van der Waals surface area contributed by atoms with Crippen LogP contribution in [0.25, 0.3) is 0 Å². The first-order chi connectivity index (χ1) is 13.0. The van der Waals surface area contributed by atoms with Crippen LogP contribution < -0.4 is 4.74 Å². The second kappa shape index (κ2) is 13.7. The number of ether oxygens (including phenoxy) is 2. The van der Waals surface area contributed by atoms with Crippen LogP contribution in [0.2, 0.25) is 0 Å². The fourth-order valence-electron chi connectivity index (χ4n) is 2.52. The molecule has 0 aromatic heterocycles. The summed E-state index contributed by atoms with van der Waals surface area (Å²) in [6, 6.07) is 5.52. The highest BCUT2D eigenvalue weighted by Gasteiger charge is 2.10. The SMILES string of the molecule is CCCCCCCOC(=O)CCCCCC(=O)Oc1cccc([N+](=O)[O-])c1. The summed E-state index contributed by atoms with van der Waals surface area (Å²) in [5.41, 5.74) is -0.121. The number of hydrogen-bond donors (Lipinski definition) is 0. The van der Waals surface area contributed by atoms with Gasteiger partial charge in [0.2, 0.25) is 0 Å². The summed E-state index contributed by atoms with van der Waals surface area (Å²) in [7, 11) is 0. The average Bonchev–Trinajstić information content (AvgIpc) is 2.64. The molecule has 0 saturated heterocycles. The number of unbranched alkanes of at least 4 members (excludes halogenated alkanes) is 6. The summed E-state index contributed by atoms with van der Waals surface area (Å²) in [5, 5.41) is 10.7. The van der Waals surface area contributed by atoms with Crippen LogP contribution in [-0.4, -0.2) is 23.5 Å². The van der Waals surface area contributed by atoms with Gasteiger partial charge in [0.25, 0.3) is 5.69 Å². The third-order valence-electron chi connectivity index (χ3n) is 4.03. The van der Waals surface area contributed by atoms with Crippen molar-refractivity contribution in [1.82, 2.24) is 0 Å². The fourth-order valence-corrected chi connectivity index (χ4v) is 2.52. The molecule has 0 heterocycles. The summed E-state index contributed by atoms with van der Waals surface area (Å²) in [6.45, 7) is 2.64. The quantitative estimate of drug-likeness (QED) is 0.149. The Kier molecular flexibility index (Phi) is 11.5. The zero-order valence-corrected chi connectivity index (χ0v) is 16.0. The van der Waals surface area contributed by atoms with E-state index in [2.05, 4.69) is 6.92 Å². The lowest BCUT2D eigenvalue weighted by Crippen LogP contribution is -2.08. The maximum atomic E-state index is 11.8. The molecule has 1 rings (SSSR count). The van der Waals surface area contributed by atoms with Gasteiger partial charge < -0.3 is 9.47 Å². The Balaban J connectivity index is 2.07. The first-order valence-corrected chi connectivity index (χ1v) is 9.63. The Morgan fingerprint density at radius 2 is 1.63 bits per heavy atom. The monoisotopic (exact) mass is 379 g/mol. The maximum absolute atomic E-state index is 11.8. The molecule has 0 N–H and O–H groups in total. The second-order valence-electron chi connectivity index (χ2n) is 6.42. The number of carbonyl (C=O) groups excluding carboxylic acids is 2. The van der Waals surface area contributed by atoms with E-state index in [4.69, 9.17) is 9.47 Å². The normalized spacial score (nSPS) is 10.4. The van der Waals surface area contributed by atoms with E-state index in [1.54, 1.807) is 0 Å². The minimum atomic E-state index is -0.540. The summed E-state index contributed by atoms with van der Waals surface area (Å²) in [4.78, 5) is 33.5. The molecule has 0 bridgehead atoms. The van der Waals surface area contributed by atoms with E-state index in [1.807, 2.05) is 0 Å². The standard InChI is InChI=1S/C20H29NO6/c1-2-3-4-5-9-15-26-19(22)13-7-6-8-14-20(23)27-18-12-10-11-17(16-18)21(24)25/h10-12,16H,2-9,13-15H2,1H3. The van der Waals surface area contributed by atoms with Crippen LogP contribution >= 0.6 is 0 Å². The van der Waals surface area contributed by atoms with Crippen LogP contribution in [0.3, 0.4) is 0 Å². The van der Waals surface area contributed by atoms with Crippen molar-refractivity contribution in [3.05, 3.63) is 34.4 Å². The molecule has 0 saturated carbocycles. The number of benzene rings is 1. The molecule has 7 nitrogen and oxygen atoms in total. The highest BCUT2D eigenvalue weighted by atomic mass is 16.6. The van der Waals surface area contributed by atoms with Crippen molar-refractivity contribution in [3.8, 4) is 5.75 Å². The molecule has 150 valence electrons. The van der Waals surface area contributed by atoms with Crippen LogP contribution in [0, 0.1) is 10.1 Å². The minimum Gasteiger partial charge on any atom is -0.466 e. The van der Waals surface area contributed by atoms with Gasteiger partial charge in [0.15, 0.2) is 0 Å². The van der Waals surface area contributed by atoms with Crippen molar-refractivity contribution in [3.63, 3.8) is 0 Å². The molecular weight excluding hydrogens is 350 g/mol. The molecule has 0 aliphatic heterocycles. The highest BCUT2D eigenvalue weighted by Crippen LogP contribution is 2.19. The van der Waals surface area contributed by atoms with Gasteiger partial charge in [0.05, 0.1) is 17.6 Å². The van der Waals surface area contributed by atoms with Crippen molar-refractivity contribution in [2.75, 3.05) is 6.61 Å². The molecule has 0 aliphatic carbocycles. The lowest BCUT2D eigenvalue weighted by atomic mass is 10.1. The summed E-state index contributed by atoms with van der Waals surface area (Å²) in [5.74, 6) is -0.466. The number of hydrogen-bond acceptors (Lipinski definition) is 6. The van der Waals surface area contributed by atoms with Crippen LogP contribution in [0.5, 0.6) is 5.75 Å². The maximum Gasteiger partial charge on any atom is 0.311 e. The van der Waals surface area contributed by atoms with Crippen molar-refractivity contribution in [2.24, 2.45) is 0 Å². The number of rotatable bonds is 14. The smallest absolute Gasteiger partial charge is 0.311 e. The summed E-state index contributed by atoms with van der Waals surface area (Å²) >= 11 is 0. The second-order valence-corrected chi connectivity index (χ2v) is 6.42. The molecule has 0 fully saturated rings. The number of carbonyl (C=O) groups is 2. The van der Waals surface area contributed by atoms with E-state index >= 15 is 0 Å². The molecule has 0 unspecified atom stereocenters. The van der Waals surface area contributed by atoms with Crippen LogP contribution in [0.15, 0.2) is 24.3 Å². The van der Waals surface area contributed by atoms with Gasteiger partial charge in [-0.25, -0.2) is 0 Å². The number of non-ortho nitro benzene ring substituents is 1. The van der Waals surface area contributed by atoms with Gasteiger partial charge in [0.1, 0.15) is 5.75 Å². The van der Waals surface area contributed by atoms with E-state index in [-0.39, 0.29) is 23.8 Å². The molecular formula is C20H29NO6.